The molecule has 3 aromatic rings. The van der Waals surface area contributed by atoms with Crippen molar-refractivity contribution in [3.63, 3.8) is 0 Å². The van der Waals surface area contributed by atoms with Crippen molar-refractivity contribution in [3.8, 4) is 5.88 Å². The zero-order chi connectivity index (χ0) is 27.6. The fourth-order valence-electron chi connectivity index (χ4n) is 4.02. The van der Waals surface area contributed by atoms with Gasteiger partial charge in [0.1, 0.15) is 16.9 Å². The van der Waals surface area contributed by atoms with Gasteiger partial charge in [0.25, 0.3) is 5.56 Å². The second-order valence-electron chi connectivity index (χ2n) is 9.48. The van der Waals surface area contributed by atoms with Crippen molar-refractivity contribution in [3.05, 3.63) is 91.1 Å². The van der Waals surface area contributed by atoms with Gasteiger partial charge in [0.15, 0.2) is 5.17 Å². The number of amidine groups is 1. The zero-order valence-electron chi connectivity index (χ0n) is 21.4. The van der Waals surface area contributed by atoms with Gasteiger partial charge in [-0.05, 0) is 54.2 Å². The summed E-state index contributed by atoms with van der Waals surface area (Å²) in [6.07, 6.45) is -0.0827. The van der Waals surface area contributed by atoms with E-state index in [0.29, 0.717) is 11.3 Å². The Kier molecular flexibility index (Phi) is 7.86. The van der Waals surface area contributed by atoms with E-state index in [-0.39, 0.29) is 29.0 Å². The van der Waals surface area contributed by atoms with Gasteiger partial charge in [-0.1, -0.05) is 55.9 Å². The number of aryl methyl sites for hydroxylation is 2. The van der Waals surface area contributed by atoms with Crippen molar-refractivity contribution in [2.45, 2.75) is 51.3 Å². The van der Waals surface area contributed by atoms with Crippen LogP contribution in [0.5, 0.6) is 5.88 Å². The molecule has 11 heteroatoms. The Morgan fingerprint density at radius 3 is 2.34 bits per heavy atom. The van der Waals surface area contributed by atoms with E-state index in [9.17, 15) is 24.3 Å². The number of carbonyl (C=O) groups excluding carboxylic acids is 2. The number of aliphatic imine (C=N–C) groups is 1. The summed E-state index contributed by atoms with van der Waals surface area (Å²) in [4.78, 5) is 58.5. The van der Waals surface area contributed by atoms with Crippen molar-refractivity contribution < 1.29 is 14.7 Å². The highest BCUT2D eigenvalue weighted by molar-refractivity contribution is 8.15. The van der Waals surface area contributed by atoms with Crippen molar-refractivity contribution in [1.82, 2.24) is 15.3 Å². The molecule has 38 heavy (non-hydrogen) atoms. The van der Waals surface area contributed by atoms with E-state index >= 15 is 0 Å². The number of aromatic amines is 2. The summed E-state index contributed by atoms with van der Waals surface area (Å²) >= 11 is 1.07. The number of hydrogen-bond donors (Lipinski definition) is 5. The summed E-state index contributed by atoms with van der Waals surface area (Å²) in [6.45, 7) is 8.03. The molecule has 2 amide bonds. The number of aromatic nitrogens is 2. The quantitative estimate of drug-likeness (QED) is 0.313. The first kappa shape index (κ1) is 26.9. The SMILES string of the molecule is Cc1ccc(NC(=O)CC2SC(=NC(c3ccc(C(C)C)cc3)c3c(O)[nH]c(=O)[nH]c3=O)NC2=O)cc1C. The highest BCUT2D eigenvalue weighted by Gasteiger charge is 2.34. The van der Waals surface area contributed by atoms with Crippen molar-refractivity contribution >= 4 is 34.4 Å². The van der Waals surface area contributed by atoms with E-state index in [0.717, 1.165) is 28.5 Å². The van der Waals surface area contributed by atoms with Gasteiger partial charge < -0.3 is 15.7 Å². The number of nitrogens with zero attached hydrogens (tertiary/aromatic N) is 1. The second-order valence-corrected chi connectivity index (χ2v) is 10.7. The summed E-state index contributed by atoms with van der Waals surface area (Å²) in [5, 5.41) is 15.4. The number of nitrogens with one attached hydrogen (secondary N) is 4. The van der Waals surface area contributed by atoms with E-state index in [1.54, 1.807) is 18.2 Å². The third-order valence-corrected chi connectivity index (χ3v) is 7.43. The van der Waals surface area contributed by atoms with Crippen LogP contribution in [-0.2, 0) is 9.59 Å². The molecule has 0 bridgehead atoms. The number of aromatic hydroxyl groups is 1. The van der Waals surface area contributed by atoms with Crippen LogP contribution >= 0.6 is 11.8 Å². The summed E-state index contributed by atoms with van der Waals surface area (Å²) < 4.78 is 0. The lowest BCUT2D eigenvalue weighted by atomic mass is 9.96. The average Bonchev–Trinajstić information content (AvgIpc) is 3.18. The molecule has 5 N–H and O–H groups in total. The third kappa shape index (κ3) is 6.05. The molecule has 10 nitrogen and oxygen atoms in total. The molecule has 2 heterocycles. The Morgan fingerprint density at radius 2 is 1.71 bits per heavy atom. The maximum atomic E-state index is 12.7. The van der Waals surface area contributed by atoms with Crippen LogP contribution in [0.25, 0.3) is 0 Å². The lowest BCUT2D eigenvalue weighted by Gasteiger charge is -2.15. The minimum atomic E-state index is -1.03. The first-order valence-electron chi connectivity index (χ1n) is 12.1. The van der Waals surface area contributed by atoms with Crippen LogP contribution in [0.1, 0.15) is 60.0 Å². The Morgan fingerprint density at radius 1 is 1.03 bits per heavy atom. The average molecular weight is 536 g/mol. The standard InChI is InChI=1S/C27H29N5O5S/c1-13(2)16-6-8-17(9-7-16)22(21-24(35)30-26(37)31-25(21)36)29-27-32-23(34)19(38-27)12-20(33)28-18-10-5-14(3)15(4)11-18/h5-11,13,19,22H,12H2,1-4H3,(H,28,33)(H,29,32,34)(H3,30,31,35,36,37). The molecule has 2 unspecified atom stereocenters. The Labute approximate surface area is 223 Å². The van der Waals surface area contributed by atoms with Gasteiger partial charge in [-0.2, -0.15) is 0 Å². The summed E-state index contributed by atoms with van der Waals surface area (Å²) in [5.74, 6) is -1.05. The number of carbonyl (C=O) groups is 2. The van der Waals surface area contributed by atoms with Gasteiger partial charge in [0.2, 0.25) is 17.7 Å². The monoisotopic (exact) mass is 535 g/mol. The number of rotatable bonds is 7. The maximum Gasteiger partial charge on any atom is 0.328 e. The predicted molar refractivity (Wildman–Crippen MR) is 148 cm³/mol. The third-order valence-electron chi connectivity index (χ3n) is 6.34. The summed E-state index contributed by atoms with van der Waals surface area (Å²) in [6, 6.07) is 11.9. The highest BCUT2D eigenvalue weighted by atomic mass is 32.2. The van der Waals surface area contributed by atoms with Crippen molar-refractivity contribution in [1.29, 1.82) is 0 Å². The van der Waals surface area contributed by atoms with Crippen LogP contribution < -0.4 is 21.9 Å². The molecule has 0 saturated carbocycles. The number of hydrogen-bond acceptors (Lipinski definition) is 7. The van der Waals surface area contributed by atoms with Crippen LogP contribution in [0.4, 0.5) is 5.69 Å². The maximum absolute atomic E-state index is 12.7. The topological polar surface area (TPSA) is 157 Å². The largest absolute Gasteiger partial charge is 0.494 e. The van der Waals surface area contributed by atoms with Gasteiger partial charge in [-0.15, -0.1) is 0 Å². The molecule has 1 fully saturated rings. The minimum Gasteiger partial charge on any atom is -0.494 e. The molecule has 2 atom stereocenters. The van der Waals surface area contributed by atoms with E-state index in [1.165, 1.54) is 0 Å². The van der Waals surface area contributed by atoms with E-state index in [4.69, 9.17) is 0 Å². The summed E-state index contributed by atoms with van der Waals surface area (Å²) in [5.41, 5.74) is 2.61. The van der Waals surface area contributed by atoms with Crippen LogP contribution in [0.2, 0.25) is 0 Å². The molecule has 2 aromatic carbocycles. The lowest BCUT2D eigenvalue weighted by Crippen LogP contribution is -2.29. The first-order chi connectivity index (χ1) is 18.0. The van der Waals surface area contributed by atoms with E-state index in [2.05, 4.69) is 25.6 Å². The van der Waals surface area contributed by atoms with Crippen LogP contribution in [0.15, 0.2) is 57.0 Å². The minimum absolute atomic E-state index is 0.0827. The van der Waals surface area contributed by atoms with Crippen LogP contribution in [-0.4, -0.2) is 37.3 Å². The predicted octanol–water partition coefficient (Wildman–Crippen LogP) is 3.21. The summed E-state index contributed by atoms with van der Waals surface area (Å²) in [7, 11) is 0. The molecular formula is C27H29N5O5S. The number of thioether (sulfide) groups is 1. The Hall–Kier alpha value is -4.12. The molecule has 0 radical (unpaired) electrons. The van der Waals surface area contributed by atoms with Gasteiger partial charge in [0.05, 0.1) is 0 Å². The molecular weight excluding hydrogens is 506 g/mol. The fourth-order valence-corrected chi connectivity index (χ4v) is 5.02. The normalized spacial score (nSPS) is 17.0. The Bertz CT molecular complexity index is 1520. The first-order valence-corrected chi connectivity index (χ1v) is 13.0. The molecule has 1 aromatic heterocycles. The van der Waals surface area contributed by atoms with Crippen LogP contribution in [0.3, 0.4) is 0 Å². The zero-order valence-corrected chi connectivity index (χ0v) is 22.2. The lowest BCUT2D eigenvalue weighted by molar-refractivity contribution is -0.122. The van der Waals surface area contributed by atoms with Crippen LogP contribution in [0, 0.1) is 13.8 Å². The molecule has 1 saturated heterocycles. The smallest absolute Gasteiger partial charge is 0.328 e. The Balaban J connectivity index is 1.59. The van der Waals surface area contributed by atoms with E-state index in [1.807, 2.05) is 52.0 Å². The molecule has 1 aliphatic rings. The van der Waals surface area contributed by atoms with Gasteiger partial charge in [0, 0.05) is 12.1 Å². The fraction of sp³-hybridized carbons (Fsp3) is 0.296. The molecule has 0 spiro atoms. The van der Waals surface area contributed by atoms with Crippen molar-refractivity contribution in [2.24, 2.45) is 4.99 Å². The number of anilines is 1. The molecule has 1 aliphatic heterocycles. The second kappa shape index (κ2) is 11.1. The van der Waals surface area contributed by atoms with Gasteiger partial charge in [-0.25, -0.2) is 9.79 Å². The molecule has 4 rings (SSSR count). The highest BCUT2D eigenvalue weighted by Crippen LogP contribution is 2.32. The number of benzene rings is 2. The van der Waals surface area contributed by atoms with E-state index < -0.39 is 34.3 Å². The van der Waals surface area contributed by atoms with Gasteiger partial charge in [-0.3, -0.25) is 24.4 Å². The number of H-pyrrole nitrogens is 2. The number of amides is 2. The molecule has 0 aliphatic carbocycles. The van der Waals surface area contributed by atoms with Gasteiger partial charge >= 0.3 is 5.69 Å². The van der Waals surface area contributed by atoms with Crippen molar-refractivity contribution in [2.75, 3.05) is 5.32 Å². The molecule has 198 valence electrons.